The monoisotopic (exact) mass is 428 g/mol. The lowest BCUT2D eigenvalue weighted by atomic mass is 9.84. The molecule has 5 N–H and O–H groups in total. The molecule has 1 aliphatic heterocycles. The van der Waals surface area contributed by atoms with Gasteiger partial charge >= 0.3 is 5.97 Å². The Balaban J connectivity index is 2.21. The molecular formula is C21H32O9. The highest BCUT2D eigenvalue weighted by Crippen LogP contribution is 2.38. The number of Topliss-reactive ketones (excluding diaryl/α,β-unsaturated/α-hetero) is 1. The molecule has 8 atom stereocenters. The van der Waals surface area contributed by atoms with E-state index in [1.54, 1.807) is 19.1 Å². The smallest absolute Gasteiger partial charge is 0.364 e. The van der Waals surface area contributed by atoms with Crippen LogP contribution in [0.2, 0.25) is 0 Å². The van der Waals surface area contributed by atoms with Gasteiger partial charge in [-0.15, -0.1) is 0 Å². The van der Waals surface area contributed by atoms with Gasteiger partial charge in [-0.3, -0.25) is 0 Å². The average Bonchev–Trinajstić information content (AvgIpc) is 2.69. The van der Waals surface area contributed by atoms with Crippen molar-refractivity contribution in [3.63, 3.8) is 0 Å². The summed E-state index contributed by atoms with van der Waals surface area (Å²) in [5.41, 5.74) is 0.944. The van der Waals surface area contributed by atoms with E-state index in [0.29, 0.717) is 12.8 Å². The number of aliphatic hydroxyl groups excluding tert-OH is 4. The Morgan fingerprint density at radius 2 is 2.00 bits per heavy atom. The highest BCUT2D eigenvalue weighted by atomic mass is 16.7. The Kier molecular flexibility index (Phi) is 8.32. The molecule has 0 aromatic carbocycles. The normalized spacial score (nSPS) is 36.1. The van der Waals surface area contributed by atoms with Crippen molar-refractivity contribution in [1.82, 2.24) is 0 Å². The third-order valence-electron chi connectivity index (χ3n) is 5.76. The Bertz CT molecular complexity index is 688. The summed E-state index contributed by atoms with van der Waals surface area (Å²) in [7, 11) is 0. The zero-order valence-electron chi connectivity index (χ0n) is 17.5. The first kappa shape index (κ1) is 24.6. The lowest BCUT2D eigenvalue weighted by Crippen LogP contribution is -2.62. The van der Waals surface area contributed by atoms with Crippen molar-refractivity contribution < 1.29 is 44.6 Å². The van der Waals surface area contributed by atoms with E-state index < -0.39 is 54.8 Å². The number of aliphatic hydroxyl groups is 4. The summed E-state index contributed by atoms with van der Waals surface area (Å²) >= 11 is 0. The van der Waals surface area contributed by atoms with Crippen LogP contribution in [0.3, 0.4) is 0 Å². The van der Waals surface area contributed by atoms with Gasteiger partial charge in [0.2, 0.25) is 0 Å². The molecule has 0 aromatic heterocycles. The van der Waals surface area contributed by atoms with E-state index in [4.69, 9.17) is 14.6 Å². The van der Waals surface area contributed by atoms with Crippen LogP contribution in [-0.4, -0.2) is 80.2 Å². The first-order valence-corrected chi connectivity index (χ1v) is 10.1. The van der Waals surface area contributed by atoms with Crippen molar-refractivity contribution in [3.8, 4) is 0 Å². The second-order valence-corrected chi connectivity index (χ2v) is 8.26. The summed E-state index contributed by atoms with van der Waals surface area (Å²) in [6, 6.07) is 0. The minimum atomic E-state index is -2.24. The standard InChI is InChI=1S/C21H32O9/c1-11-8-14(5-4-12(2)23)6-7-17(11)29-21(20(27)28)9-15(24)13(3)19(30-21)18(26)16(25)10-22/h6-8,11,13,15-19,22,24-26H,4-5,9-10H2,1-3H3,(H,27,28). The van der Waals surface area contributed by atoms with E-state index in [0.717, 1.165) is 5.57 Å². The minimum Gasteiger partial charge on any atom is -0.477 e. The molecule has 170 valence electrons. The number of ketones is 1. The van der Waals surface area contributed by atoms with Crippen LogP contribution < -0.4 is 0 Å². The molecule has 1 fully saturated rings. The zero-order chi connectivity index (χ0) is 22.6. The Morgan fingerprint density at radius 1 is 1.33 bits per heavy atom. The first-order chi connectivity index (χ1) is 14.0. The molecule has 0 radical (unpaired) electrons. The van der Waals surface area contributed by atoms with Gasteiger partial charge in [0.15, 0.2) is 0 Å². The Labute approximate surface area is 175 Å². The van der Waals surface area contributed by atoms with E-state index in [9.17, 15) is 30.0 Å². The van der Waals surface area contributed by atoms with Crippen LogP contribution in [0.1, 0.15) is 40.0 Å². The van der Waals surface area contributed by atoms with Gasteiger partial charge in [0.25, 0.3) is 5.79 Å². The number of allylic oxidation sites excluding steroid dienone is 2. The predicted octanol–water partition coefficient (Wildman–Crippen LogP) is 0.154. The average molecular weight is 428 g/mol. The highest BCUT2D eigenvalue weighted by molar-refractivity contribution is 5.76. The largest absolute Gasteiger partial charge is 0.477 e. The summed E-state index contributed by atoms with van der Waals surface area (Å²) < 4.78 is 11.5. The first-order valence-electron chi connectivity index (χ1n) is 10.1. The van der Waals surface area contributed by atoms with Crippen LogP contribution in [-0.2, 0) is 19.1 Å². The van der Waals surface area contributed by atoms with Crippen molar-refractivity contribution >= 4 is 11.8 Å². The number of hydrogen-bond acceptors (Lipinski definition) is 8. The van der Waals surface area contributed by atoms with Gasteiger partial charge in [0.1, 0.15) is 18.0 Å². The van der Waals surface area contributed by atoms with Gasteiger partial charge in [-0.25, -0.2) is 4.79 Å². The molecule has 0 spiro atoms. The molecule has 2 rings (SSSR count). The molecule has 1 heterocycles. The fourth-order valence-corrected chi connectivity index (χ4v) is 3.76. The van der Waals surface area contributed by atoms with Crippen molar-refractivity contribution in [2.75, 3.05) is 6.61 Å². The number of carboxylic acid groups (broad SMARTS) is 1. The molecule has 30 heavy (non-hydrogen) atoms. The van der Waals surface area contributed by atoms with Gasteiger partial charge in [0.05, 0.1) is 24.9 Å². The summed E-state index contributed by atoms with van der Waals surface area (Å²) in [4.78, 5) is 23.3. The fraction of sp³-hybridized carbons (Fsp3) is 0.714. The molecular weight excluding hydrogens is 396 g/mol. The van der Waals surface area contributed by atoms with Crippen LogP contribution in [0.4, 0.5) is 0 Å². The van der Waals surface area contributed by atoms with E-state index in [1.165, 1.54) is 6.92 Å². The van der Waals surface area contributed by atoms with Crippen molar-refractivity contribution in [3.05, 3.63) is 23.8 Å². The van der Waals surface area contributed by atoms with Crippen molar-refractivity contribution in [1.29, 1.82) is 0 Å². The third kappa shape index (κ3) is 5.54. The molecule has 8 unspecified atom stereocenters. The van der Waals surface area contributed by atoms with Crippen molar-refractivity contribution in [2.24, 2.45) is 11.8 Å². The van der Waals surface area contributed by atoms with Gasteiger partial charge in [-0.1, -0.05) is 37.6 Å². The molecule has 1 saturated heterocycles. The van der Waals surface area contributed by atoms with Gasteiger partial charge in [-0.2, -0.15) is 0 Å². The summed E-state index contributed by atoms with van der Waals surface area (Å²) in [5, 5.41) is 49.5. The number of carbonyl (C=O) groups excluding carboxylic acids is 1. The van der Waals surface area contributed by atoms with Crippen LogP contribution in [0.15, 0.2) is 23.8 Å². The summed E-state index contributed by atoms with van der Waals surface area (Å²) in [5.74, 6) is -4.54. The second-order valence-electron chi connectivity index (χ2n) is 8.26. The number of aliphatic carboxylic acids is 1. The second kappa shape index (κ2) is 10.1. The van der Waals surface area contributed by atoms with Crippen LogP contribution >= 0.6 is 0 Å². The van der Waals surface area contributed by atoms with E-state index in [2.05, 4.69) is 0 Å². The molecule has 1 aliphatic carbocycles. The maximum Gasteiger partial charge on any atom is 0.364 e. The summed E-state index contributed by atoms with van der Waals surface area (Å²) in [6.07, 6.45) is -0.314. The minimum absolute atomic E-state index is 0.0773. The fourth-order valence-electron chi connectivity index (χ4n) is 3.76. The van der Waals surface area contributed by atoms with Crippen LogP contribution in [0.25, 0.3) is 0 Å². The molecule has 0 bridgehead atoms. The number of carbonyl (C=O) groups is 2. The Hall–Kier alpha value is -1.62. The topological polar surface area (TPSA) is 154 Å². The molecule has 0 aromatic rings. The van der Waals surface area contributed by atoms with Crippen LogP contribution in [0, 0.1) is 11.8 Å². The van der Waals surface area contributed by atoms with E-state index >= 15 is 0 Å². The van der Waals surface area contributed by atoms with E-state index in [-0.39, 0.29) is 18.1 Å². The van der Waals surface area contributed by atoms with Crippen molar-refractivity contribution in [2.45, 2.75) is 76.3 Å². The van der Waals surface area contributed by atoms with Gasteiger partial charge in [0, 0.05) is 24.7 Å². The molecule has 9 nitrogen and oxygen atoms in total. The SMILES string of the molecule is CC(=O)CCC1=CC(C)C(OC2(C(=O)O)CC(O)C(C)C(C(O)C(O)CO)O2)C=C1. The predicted molar refractivity (Wildman–Crippen MR) is 105 cm³/mol. The number of hydrogen-bond donors (Lipinski definition) is 5. The summed E-state index contributed by atoms with van der Waals surface area (Å²) in [6.45, 7) is 4.16. The number of rotatable bonds is 9. The van der Waals surface area contributed by atoms with Crippen LogP contribution in [0.5, 0.6) is 0 Å². The number of ether oxygens (including phenoxy) is 2. The molecule has 2 aliphatic rings. The van der Waals surface area contributed by atoms with Gasteiger partial charge < -0.3 is 39.8 Å². The molecule has 0 saturated carbocycles. The van der Waals surface area contributed by atoms with Gasteiger partial charge in [-0.05, 0) is 13.3 Å². The quantitative estimate of drug-likeness (QED) is 0.345. The maximum absolute atomic E-state index is 12.1. The molecule has 0 amide bonds. The third-order valence-corrected chi connectivity index (χ3v) is 5.76. The lowest BCUT2D eigenvalue weighted by molar-refractivity contribution is -0.327. The molecule has 9 heteroatoms. The maximum atomic E-state index is 12.1. The highest BCUT2D eigenvalue weighted by Gasteiger charge is 2.55. The number of carboxylic acids is 1. The van der Waals surface area contributed by atoms with E-state index in [1.807, 2.05) is 13.0 Å². The Morgan fingerprint density at radius 3 is 2.53 bits per heavy atom. The lowest BCUT2D eigenvalue weighted by Gasteiger charge is -2.46. The zero-order valence-corrected chi connectivity index (χ0v) is 17.5.